The molecule has 1 aromatic heterocycles. The molecule has 20 heavy (non-hydrogen) atoms. The Balaban J connectivity index is 2.00. The molecular formula is C15H26N4O. The Hall–Kier alpha value is -1.36. The molecule has 112 valence electrons. The monoisotopic (exact) mass is 278 g/mol. The predicted molar refractivity (Wildman–Crippen MR) is 79.9 cm³/mol. The van der Waals surface area contributed by atoms with Crippen LogP contribution in [0.3, 0.4) is 0 Å². The van der Waals surface area contributed by atoms with Crippen molar-refractivity contribution in [1.82, 2.24) is 20.0 Å². The zero-order chi connectivity index (χ0) is 14.7. The van der Waals surface area contributed by atoms with Gasteiger partial charge in [-0.3, -0.25) is 9.48 Å². The summed E-state index contributed by atoms with van der Waals surface area (Å²) in [4.78, 5) is 14.4. The van der Waals surface area contributed by atoms with E-state index in [1.165, 1.54) is 0 Å². The number of nitrogens with zero attached hydrogens (tertiary/aromatic N) is 3. The molecule has 5 nitrogen and oxygen atoms in total. The van der Waals surface area contributed by atoms with Gasteiger partial charge in [0.1, 0.15) is 0 Å². The van der Waals surface area contributed by atoms with Gasteiger partial charge >= 0.3 is 0 Å². The van der Waals surface area contributed by atoms with E-state index in [-0.39, 0.29) is 5.91 Å². The van der Waals surface area contributed by atoms with Crippen LogP contribution in [0.5, 0.6) is 0 Å². The van der Waals surface area contributed by atoms with Crippen LogP contribution in [0.25, 0.3) is 0 Å². The van der Waals surface area contributed by atoms with Crippen molar-refractivity contribution in [2.75, 3.05) is 26.7 Å². The molecule has 2 heterocycles. The Labute approximate surface area is 121 Å². The normalized spacial score (nSPS) is 16.9. The quantitative estimate of drug-likeness (QED) is 0.910. The number of carbonyl (C=O) groups is 1. The molecule has 0 unspecified atom stereocenters. The van der Waals surface area contributed by atoms with E-state index in [2.05, 4.69) is 24.3 Å². The van der Waals surface area contributed by atoms with Gasteiger partial charge in [-0.1, -0.05) is 13.8 Å². The summed E-state index contributed by atoms with van der Waals surface area (Å²) in [6.45, 7) is 6.98. The van der Waals surface area contributed by atoms with Crippen LogP contribution in [0.15, 0.2) is 6.07 Å². The Morgan fingerprint density at radius 3 is 2.60 bits per heavy atom. The van der Waals surface area contributed by atoms with Gasteiger partial charge in [0, 0.05) is 25.8 Å². The molecule has 1 aliphatic heterocycles. The van der Waals surface area contributed by atoms with Crippen molar-refractivity contribution in [3.8, 4) is 0 Å². The summed E-state index contributed by atoms with van der Waals surface area (Å²) in [7, 11) is 3.89. The van der Waals surface area contributed by atoms with Crippen molar-refractivity contribution in [2.45, 2.75) is 32.6 Å². The topological polar surface area (TPSA) is 50.2 Å². The summed E-state index contributed by atoms with van der Waals surface area (Å²) in [6, 6.07) is 1.94. The summed E-state index contributed by atoms with van der Waals surface area (Å²) in [5.74, 6) is 1.16. The third kappa shape index (κ3) is 3.20. The molecule has 5 heteroatoms. The van der Waals surface area contributed by atoms with Crippen LogP contribution in [0.4, 0.5) is 0 Å². The van der Waals surface area contributed by atoms with Crippen molar-refractivity contribution in [2.24, 2.45) is 13.0 Å². The first-order valence-electron chi connectivity index (χ1n) is 7.50. The number of piperidine rings is 1. The number of nitrogens with one attached hydrogen (secondary N) is 1. The Morgan fingerprint density at radius 1 is 1.45 bits per heavy atom. The lowest BCUT2D eigenvalue weighted by Crippen LogP contribution is -2.40. The third-order valence-electron chi connectivity index (χ3n) is 4.12. The van der Waals surface area contributed by atoms with Gasteiger partial charge in [-0.15, -0.1) is 0 Å². The standard InChI is InChI=1S/C15H26N4O/c1-11(2)14-9-13(17-18(14)4)15(20)19-7-5-12(6-8-19)10-16-3/h9,11-12,16H,5-8,10H2,1-4H3. The minimum absolute atomic E-state index is 0.0791. The van der Waals surface area contributed by atoms with Gasteiger partial charge in [0.05, 0.1) is 0 Å². The fraction of sp³-hybridized carbons (Fsp3) is 0.733. The number of aromatic nitrogens is 2. The maximum atomic E-state index is 12.5. The van der Waals surface area contributed by atoms with Crippen molar-refractivity contribution in [3.05, 3.63) is 17.5 Å². The van der Waals surface area contributed by atoms with Crippen LogP contribution < -0.4 is 5.32 Å². The summed E-state index contributed by atoms with van der Waals surface area (Å²) >= 11 is 0. The molecular weight excluding hydrogens is 252 g/mol. The van der Waals surface area contributed by atoms with E-state index in [4.69, 9.17) is 0 Å². The predicted octanol–water partition coefficient (Wildman–Crippen LogP) is 1.62. The van der Waals surface area contributed by atoms with Gasteiger partial charge in [-0.25, -0.2) is 0 Å². The lowest BCUT2D eigenvalue weighted by Gasteiger charge is -2.31. The van der Waals surface area contributed by atoms with Gasteiger partial charge in [-0.2, -0.15) is 5.10 Å². The van der Waals surface area contributed by atoms with Crippen molar-refractivity contribution < 1.29 is 4.79 Å². The molecule has 1 saturated heterocycles. The van der Waals surface area contributed by atoms with E-state index in [9.17, 15) is 4.79 Å². The number of amides is 1. The van der Waals surface area contributed by atoms with Crippen LogP contribution in [-0.2, 0) is 7.05 Å². The molecule has 1 N–H and O–H groups in total. The highest BCUT2D eigenvalue weighted by Crippen LogP contribution is 2.20. The molecule has 0 atom stereocenters. The molecule has 1 aromatic rings. The first-order valence-corrected chi connectivity index (χ1v) is 7.50. The summed E-state index contributed by atoms with van der Waals surface area (Å²) < 4.78 is 1.83. The highest BCUT2D eigenvalue weighted by atomic mass is 16.2. The fourth-order valence-corrected chi connectivity index (χ4v) is 2.92. The summed E-state index contributed by atoms with van der Waals surface area (Å²) in [5, 5.41) is 7.59. The van der Waals surface area contributed by atoms with E-state index in [1.54, 1.807) is 0 Å². The van der Waals surface area contributed by atoms with Crippen LogP contribution >= 0.6 is 0 Å². The molecule has 0 aliphatic carbocycles. The Kier molecular flexibility index (Phi) is 4.81. The smallest absolute Gasteiger partial charge is 0.274 e. The van der Waals surface area contributed by atoms with Gasteiger partial charge in [0.25, 0.3) is 5.91 Å². The van der Waals surface area contributed by atoms with Crippen LogP contribution in [-0.4, -0.2) is 47.3 Å². The lowest BCUT2D eigenvalue weighted by molar-refractivity contribution is 0.0684. The van der Waals surface area contributed by atoms with Crippen molar-refractivity contribution in [3.63, 3.8) is 0 Å². The molecule has 0 aromatic carbocycles. The molecule has 0 saturated carbocycles. The Morgan fingerprint density at radius 2 is 2.10 bits per heavy atom. The maximum Gasteiger partial charge on any atom is 0.274 e. The molecule has 0 spiro atoms. The van der Waals surface area contributed by atoms with E-state index < -0.39 is 0 Å². The number of likely N-dealkylation sites (tertiary alicyclic amines) is 1. The van der Waals surface area contributed by atoms with Gasteiger partial charge in [-0.05, 0) is 44.3 Å². The van der Waals surface area contributed by atoms with E-state index in [0.717, 1.165) is 38.2 Å². The average molecular weight is 278 g/mol. The van der Waals surface area contributed by atoms with E-state index in [1.807, 2.05) is 29.7 Å². The zero-order valence-corrected chi connectivity index (χ0v) is 13.0. The van der Waals surface area contributed by atoms with Crippen LogP contribution in [0.2, 0.25) is 0 Å². The number of aryl methyl sites for hydroxylation is 1. The van der Waals surface area contributed by atoms with Crippen molar-refractivity contribution in [1.29, 1.82) is 0 Å². The molecule has 0 bridgehead atoms. The number of carbonyl (C=O) groups excluding carboxylic acids is 1. The number of hydrogen-bond acceptors (Lipinski definition) is 3. The first-order chi connectivity index (χ1) is 9.52. The fourth-order valence-electron chi connectivity index (χ4n) is 2.92. The van der Waals surface area contributed by atoms with Gasteiger partial charge < -0.3 is 10.2 Å². The van der Waals surface area contributed by atoms with E-state index >= 15 is 0 Å². The lowest BCUT2D eigenvalue weighted by atomic mass is 9.96. The molecule has 1 amide bonds. The van der Waals surface area contributed by atoms with Crippen LogP contribution in [0, 0.1) is 5.92 Å². The SMILES string of the molecule is CNCC1CCN(C(=O)c2cc(C(C)C)n(C)n2)CC1. The molecule has 1 aliphatic rings. The average Bonchev–Trinajstić information content (AvgIpc) is 2.81. The van der Waals surface area contributed by atoms with Crippen LogP contribution in [0.1, 0.15) is 48.8 Å². The minimum Gasteiger partial charge on any atom is -0.337 e. The Bertz CT molecular complexity index is 458. The second-order valence-electron chi connectivity index (χ2n) is 6.03. The minimum atomic E-state index is 0.0791. The number of rotatable bonds is 4. The van der Waals surface area contributed by atoms with E-state index in [0.29, 0.717) is 17.5 Å². The summed E-state index contributed by atoms with van der Waals surface area (Å²) in [6.07, 6.45) is 2.16. The largest absolute Gasteiger partial charge is 0.337 e. The molecule has 2 rings (SSSR count). The second kappa shape index (κ2) is 6.39. The zero-order valence-electron chi connectivity index (χ0n) is 13.0. The maximum absolute atomic E-state index is 12.5. The van der Waals surface area contributed by atoms with Crippen molar-refractivity contribution >= 4 is 5.91 Å². The first kappa shape index (κ1) is 15.0. The molecule has 0 radical (unpaired) electrons. The van der Waals surface area contributed by atoms with Gasteiger partial charge in [0.15, 0.2) is 5.69 Å². The summed E-state index contributed by atoms with van der Waals surface area (Å²) in [5.41, 5.74) is 1.70. The van der Waals surface area contributed by atoms with Gasteiger partial charge in [0.2, 0.25) is 0 Å². The second-order valence-corrected chi connectivity index (χ2v) is 6.03. The third-order valence-corrected chi connectivity index (χ3v) is 4.12. The highest BCUT2D eigenvalue weighted by Gasteiger charge is 2.25. The highest BCUT2D eigenvalue weighted by molar-refractivity contribution is 5.92. The number of hydrogen-bond donors (Lipinski definition) is 1. The molecule has 1 fully saturated rings.